The number of nitrogens with zero attached hydrogens (tertiary/aromatic N) is 4. The number of fused-ring (bicyclic) bond motifs is 1. The summed E-state index contributed by atoms with van der Waals surface area (Å²) in [5.41, 5.74) is 0.524. The standard InChI is InChI=1S/C24H25ClFN5O4/c1-29-21-20(22(32)30(2)24(29)33)31(13-15-16(25)6-5-7-17(15)26)23(28-21)27-11-10-14-8-9-18(34-3)19(12-14)35-4/h5-9,12H,10-11,13H2,1-4H3,(H,27,28). The first-order valence-corrected chi connectivity index (χ1v) is 11.2. The van der Waals surface area contributed by atoms with Gasteiger partial charge in [0.25, 0.3) is 5.56 Å². The highest BCUT2D eigenvalue weighted by Gasteiger charge is 2.21. The molecule has 0 amide bonds. The molecule has 0 spiro atoms. The Balaban J connectivity index is 1.73. The van der Waals surface area contributed by atoms with Gasteiger partial charge in [0, 0.05) is 31.2 Å². The SMILES string of the molecule is COc1ccc(CCNc2nc3c(c(=O)n(C)c(=O)n3C)n2Cc2c(F)cccc2Cl)cc1OC. The number of rotatable bonds is 8. The number of benzene rings is 2. The molecule has 9 nitrogen and oxygen atoms in total. The van der Waals surface area contributed by atoms with E-state index in [0.29, 0.717) is 30.4 Å². The van der Waals surface area contributed by atoms with Crippen LogP contribution >= 0.6 is 11.6 Å². The van der Waals surface area contributed by atoms with E-state index in [0.717, 1.165) is 10.1 Å². The fourth-order valence-electron chi connectivity index (χ4n) is 3.93. The van der Waals surface area contributed by atoms with Crippen LogP contribution in [0.3, 0.4) is 0 Å². The third kappa shape index (κ3) is 4.49. The molecule has 0 saturated carbocycles. The maximum absolute atomic E-state index is 14.6. The second kappa shape index (κ2) is 9.83. The van der Waals surface area contributed by atoms with Gasteiger partial charge < -0.3 is 14.8 Å². The monoisotopic (exact) mass is 501 g/mol. The Morgan fingerprint density at radius 3 is 2.49 bits per heavy atom. The van der Waals surface area contributed by atoms with Gasteiger partial charge in [0.05, 0.1) is 20.8 Å². The summed E-state index contributed by atoms with van der Waals surface area (Å²) < 4.78 is 29.1. The summed E-state index contributed by atoms with van der Waals surface area (Å²) >= 11 is 6.26. The highest BCUT2D eigenvalue weighted by atomic mass is 35.5. The van der Waals surface area contributed by atoms with Crippen molar-refractivity contribution in [2.75, 3.05) is 26.1 Å². The number of anilines is 1. The first-order chi connectivity index (χ1) is 16.8. The van der Waals surface area contributed by atoms with Crippen molar-refractivity contribution in [2.24, 2.45) is 14.1 Å². The van der Waals surface area contributed by atoms with Crippen molar-refractivity contribution in [1.82, 2.24) is 18.7 Å². The molecule has 0 atom stereocenters. The molecular weight excluding hydrogens is 477 g/mol. The van der Waals surface area contributed by atoms with Crippen LogP contribution in [0.5, 0.6) is 11.5 Å². The molecule has 2 heterocycles. The van der Waals surface area contributed by atoms with Crippen molar-refractivity contribution in [1.29, 1.82) is 0 Å². The second-order valence-corrected chi connectivity index (χ2v) is 8.37. The molecule has 2 aromatic heterocycles. The van der Waals surface area contributed by atoms with Crippen molar-refractivity contribution in [2.45, 2.75) is 13.0 Å². The van der Waals surface area contributed by atoms with Gasteiger partial charge in [-0.15, -0.1) is 0 Å². The van der Waals surface area contributed by atoms with E-state index in [4.69, 9.17) is 21.1 Å². The van der Waals surface area contributed by atoms with Crippen LogP contribution in [0.4, 0.5) is 10.3 Å². The Morgan fingerprint density at radius 2 is 1.80 bits per heavy atom. The number of nitrogens with one attached hydrogen (secondary N) is 1. The van der Waals surface area contributed by atoms with Crippen molar-refractivity contribution < 1.29 is 13.9 Å². The highest BCUT2D eigenvalue weighted by molar-refractivity contribution is 6.31. The average molecular weight is 502 g/mol. The zero-order valence-corrected chi connectivity index (χ0v) is 20.5. The first-order valence-electron chi connectivity index (χ1n) is 10.8. The summed E-state index contributed by atoms with van der Waals surface area (Å²) in [6.07, 6.45) is 0.598. The molecule has 35 heavy (non-hydrogen) atoms. The molecule has 184 valence electrons. The summed E-state index contributed by atoms with van der Waals surface area (Å²) in [6.45, 7) is 0.395. The lowest BCUT2D eigenvalue weighted by atomic mass is 10.1. The van der Waals surface area contributed by atoms with Crippen LogP contribution in [0, 0.1) is 5.82 Å². The molecule has 4 aromatic rings. The third-order valence-corrected chi connectivity index (χ3v) is 6.22. The highest BCUT2D eigenvalue weighted by Crippen LogP contribution is 2.28. The Hall–Kier alpha value is -3.79. The molecule has 0 bridgehead atoms. The van der Waals surface area contributed by atoms with E-state index in [1.54, 1.807) is 24.9 Å². The molecule has 11 heteroatoms. The molecule has 0 fully saturated rings. The topological polar surface area (TPSA) is 92.3 Å². The summed E-state index contributed by atoms with van der Waals surface area (Å²) in [5.74, 6) is 1.06. The van der Waals surface area contributed by atoms with Gasteiger partial charge in [0.1, 0.15) is 5.82 Å². The Bertz CT molecular complexity index is 1510. The van der Waals surface area contributed by atoms with Gasteiger partial charge >= 0.3 is 5.69 Å². The van der Waals surface area contributed by atoms with Gasteiger partial charge in [-0.05, 0) is 36.2 Å². The van der Waals surface area contributed by atoms with Gasteiger partial charge in [0.15, 0.2) is 22.7 Å². The largest absolute Gasteiger partial charge is 0.493 e. The van der Waals surface area contributed by atoms with Gasteiger partial charge in [0.2, 0.25) is 5.95 Å². The summed E-state index contributed by atoms with van der Waals surface area (Å²) in [4.78, 5) is 30.0. The minimum Gasteiger partial charge on any atom is -0.493 e. The average Bonchev–Trinajstić information content (AvgIpc) is 3.21. The molecule has 0 radical (unpaired) electrons. The Kier molecular flexibility index (Phi) is 6.83. The smallest absolute Gasteiger partial charge is 0.332 e. The van der Waals surface area contributed by atoms with Crippen LogP contribution in [0.25, 0.3) is 11.2 Å². The van der Waals surface area contributed by atoms with E-state index in [1.807, 2.05) is 18.2 Å². The molecular formula is C24H25ClFN5O4. The summed E-state index contributed by atoms with van der Waals surface area (Å²) in [6, 6.07) is 10.0. The number of imidazole rings is 1. The number of methoxy groups -OCH3 is 2. The van der Waals surface area contributed by atoms with Crippen LogP contribution in [-0.4, -0.2) is 39.4 Å². The normalized spacial score (nSPS) is 11.1. The van der Waals surface area contributed by atoms with Crippen LogP contribution in [0.1, 0.15) is 11.1 Å². The predicted octanol–water partition coefficient (Wildman–Crippen LogP) is 2.95. The summed E-state index contributed by atoms with van der Waals surface area (Å²) in [5, 5.41) is 3.45. The van der Waals surface area contributed by atoms with Crippen molar-refractivity contribution in [3.63, 3.8) is 0 Å². The maximum Gasteiger partial charge on any atom is 0.332 e. The molecule has 4 rings (SSSR count). The van der Waals surface area contributed by atoms with E-state index < -0.39 is 17.1 Å². The van der Waals surface area contributed by atoms with Gasteiger partial charge in [-0.2, -0.15) is 4.98 Å². The first kappa shape index (κ1) is 24.3. The number of aryl methyl sites for hydroxylation is 1. The van der Waals surface area contributed by atoms with Crippen molar-refractivity contribution >= 4 is 28.7 Å². The fourth-order valence-corrected chi connectivity index (χ4v) is 4.15. The van der Waals surface area contributed by atoms with Gasteiger partial charge in [-0.25, -0.2) is 9.18 Å². The Labute approximate surface area is 205 Å². The molecule has 0 aliphatic carbocycles. The lowest BCUT2D eigenvalue weighted by molar-refractivity contribution is 0.354. The van der Waals surface area contributed by atoms with Crippen LogP contribution in [-0.2, 0) is 27.1 Å². The Morgan fingerprint density at radius 1 is 1.06 bits per heavy atom. The number of hydrogen-bond acceptors (Lipinski definition) is 6. The molecule has 1 N–H and O–H groups in total. The number of ether oxygens (including phenoxy) is 2. The van der Waals surface area contributed by atoms with E-state index in [2.05, 4.69) is 10.3 Å². The quantitative estimate of drug-likeness (QED) is 0.399. The van der Waals surface area contributed by atoms with Crippen molar-refractivity contribution in [3.8, 4) is 11.5 Å². The molecule has 2 aromatic carbocycles. The second-order valence-electron chi connectivity index (χ2n) is 7.97. The predicted molar refractivity (Wildman–Crippen MR) is 132 cm³/mol. The number of hydrogen-bond donors (Lipinski definition) is 1. The van der Waals surface area contributed by atoms with E-state index in [1.165, 1.54) is 30.8 Å². The molecule has 0 aliphatic heterocycles. The summed E-state index contributed by atoms with van der Waals surface area (Å²) in [7, 11) is 6.07. The number of aromatic nitrogens is 4. The maximum atomic E-state index is 14.6. The van der Waals surface area contributed by atoms with E-state index in [9.17, 15) is 14.0 Å². The van der Waals surface area contributed by atoms with E-state index >= 15 is 0 Å². The van der Waals surface area contributed by atoms with Crippen LogP contribution in [0.15, 0.2) is 46.0 Å². The third-order valence-electron chi connectivity index (χ3n) is 5.87. The lowest BCUT2D eigenvalue weighted by Crippen LogP contribution is -2.37. The molecule has 0 unspecified atom stereocenters. The zero-order valence-electron chi connectivity index (χ0n) is 19.8. The lowest BCUT2D eigenvalue weighted by Gasteiger charge is -2.13. The minimum absolute atomic E-state index is 0.0475. The van der Waals surface area contributed by atoms with Crippen molar-refractivity contribution in [3.05, 3.63) is 79.2 Å². The van der Waals surface area contributed by atoms with Gasteiger partial charge in [-0.1, -0.05) is 23.7 Å². The molecule has 0 aliphatic rings. The van der Waals surface area contributed by atoms with Crippen LogP contribution < -0.4 is 26.0 Å². The molecule has 0 saturated heterocycles. The fraction of sp³-hybridized carbons (Fsp3) is 0.292. The number of halogens is 2. The van der Waals surface area contributed by atoms with Gasteiger partial charge in [-0.3, -0.25) is 18.5 Å². The minimum atomic E-state index is -0.531. The van der Waals surface area contributed by atoms with E-state index in [-0.39, 0.29) is 28.3 Å². The van der Waals surface area contributed by atoms with Crippen LogP contribution in [0.2, 0.25) is 5.02 Å². The zero-order chi connectivity index (χ0) is 25.3.